The largest absolute Gasteiger partial charge is 0.465 e. The van der Waals surface area contributed by atoms with Crippen molar-refractivity contribution in [2.45, 2.75) is 36.6 Å². The van der Waals surface area contributed by atoms with Gasteiger partial charge in [0.25, 0.3) is 0 Å². The Bertz CT molecular complexity index is 486. The van der Waals surface area contributed by atoms with Crippen LogP contribution < -0.4 is 5.73 Å². The van der Waals surface area contributed by atoms with Gasteiger partial charge in [0.15, 0.2) is 0 Å². The maximum Gasteiger partial charge on any atom is 0.119 e. The number of furan rings is 1. The first kappa shape index (κ1) is 13.1. The molecule has 0 radical (unpaired) electrons. The molecular weight excluding hydrogens is 246 g/mol. The highest BCUT2D eigenvalue weighted by molar-refractivity contribution is 7.99. The fourth-order valence-corrected chi connectivity index (χ4v) is 2.77. The highest BCUT2D eigenvalue weighted by Crippen LogP contribution is 2.37. The standard InChI is InChI=1S/C13H17N3OS/c1-3-10(14)13(11-5-4-9(2)17-11)18-12-6-7-15-8-16-12/h4-8,10,13H,3,14H2,1-2H3. The van der Waals surface area contributed by atoms with E-state index in [2.05, 4.69) is 16.9 Å². The lowest BCUT2D eigenvalue weighted by Gasteiger charge is -2.19. The van der Waals surface area contributed by atoms with Crippen LogP contribution in [0.3, 0.4) is 0 Å². The van der Waals surface area contributed by atoms with Crippen molar-refractivity contribution in [2.75, 3.05) is 0 Å². The molecule has 0 aliphatic carbocycles. The van der Waals surface area contributed by atoms with Gasteiger partial charge in [0, 0.05) is 12.2 Å². The summed E-state index contributed by atoms with van der Waals surface area (Å²) < 4.78 is 5.70. The molecule has 2 aromatic heterocycles. The number of nitrogens with two attached hydrogens (primary N) is 1. The summed E-state index contributed by atoms with van der Waals surface area (Å²) in [4.78, 5) is 8.14. The van der Waals surface area contributed by atoms with E-state index in [4.69, 9.17) is 10.2 Å². The van der Waals surface area contributed by atoms with E-state index in [1.54, 1.807) is 24.3 Å². The first-order valence-electron chi connectivity index (χ1n) is 5.95. The fourth-order valence-electron chi connectivity index (χ4n) is 1.66. The molecule has 0 aliphatic heterocycles. The second-order valence-electron chi connectivity index (χ2n) is 4.11. The van der Waals surface area contributed by atoms with Gasteiger partial charge in [0.1, 0.15) is 22.9 Å². The lowest BCUT2D eigenvalue weighted by atomic mass is 10.1. The molecule has 2 atom stereocenters. The predicted octanol–water partition coefficient (Wildman–Crippen LogP) is 2.95. The van der Waals surface area contributed by atoms with E-state index < -0.39 is 0 Å². The van der Waals surface area contributed by atoms with Crippen LogP contribution in [0.25, 0.3) is 0 Å². The van der Waals surface area contributed by atoms with Gasteiger partial charge in [-0.15, -0.1) is 0 Å². The Kier molecular flexibility index (Phi) is 4.38. The molecule has 2 heterocycles. The average Bonchev–Trinajstić information content (AvgIpc) is 2.83. The number of rotatable bonds is 5. The van der Waals surface area contributed by atoms with Crippen LogP contribution in [0.1, 0.15) is 30.1 Å². The molecule has 0 amide bonds. The molecule has 0 saturated carbocycles. The average molecular weight is 263 g/mol. The number of hydrogen-bond acceptors (Lipinski definition) is 5. The van der Waals surface area contributed by atoms with Gasteiger partial charge in [0.2, 0.25) is 0 Å². The maximum absolute atomic E-state index is 6.18. The van der Waals surface area contributed by atoms with E-state index in [9.17, 15) is 0 Å². The van der Waals surface area contributed by atoms with Crippen molar-refractivity contribution < 1.29 is 4.42 Å². The highest BCUT2D eigenvalue weighted by Gasteiger charge is 2.23. The van der Waals surface area contributed by atoms with Gasteiger partial charge < -0.3 is 10.2 Å². The molecule has 0 saturated heterocycles. The SMILES string of the molecule is CCC(N)C(Sc1ccncn1)c1ccc(C)o1. The van der Waals surface area contributed by atoms with Gasteiger partial charge in [-0.1, -0.05) is 18.7 Å². The van der Waals surface area contributed by atoms with Crippen molar-refractivity contribution in [1.29, 1.82) is 0 Å². The van der Waals surface area contributed by atoms with Crippen LogP contribution in [-0.4, -0.2) is 16.0 Å². The Balaban J connectivity index is 2.21. The molecule has 0 fully saturated rings. The molecule has 18 heavy (non-hydrogen) atoms. The zero-order chi connectivity index (χ0) is 13.0. The predicted molar refractivity (Wildman–Crippen MR) is 72.3 cm³/mol. The third-order valence-electron chi connectivity index (χ3n) is 2.70. The first-order valence-corrected chi connectivity index (χ1v) is 6.83. The van der Waals surface area contributed by atoms with Gasteiger partial charge in [-0.05, 0) is 31.5 Å². The monoisotopic (exact) mass is 263 g/mol. The molecule has 2 N–H and O–H groups in total. The second-order valence-corrected chi connectivity index (χ2v) is 5.27. The van der Waals surface area contributed by atoms with E-state index in [0.717, 1.165) is 23.0 Å². The van der Waals surface area contributed by atoms with Crippen LogP contribution in [0, 0.1) is 6.92 Å². The molecule has 2 rings (SSSR count). The van der Waals surface area contributed by atoms with Crippen LogP contribution in [0.15, 0.2) is 40.2 Å². The van der Waals surface area contributed by atoms with Gasteiger partial charge in [-0.25, -0.2) is 9.97 Å². The minimum atomic E-state index is 0.0375. The summed E-state index contributed by atoms with van der Waals surface area (Å²) in [5, 5.41) is 0.992. The molecule has 2 aromatic rings. The van der Waals surface area contributed by atoms with Crippen molar-refractivity contribution in [3.63, 3.8) is 0 Å². The number of thioether (sulfide) groups is 1. The number of aromatic nitrogens is 2. The van der Waals surface area contributed by atoms with Crippen LogP contribution >= 0.6 is 11.8 Å². The van der Waals surface area contributed by atoms with Crippen molar-refractivity contribution in [3.8, 4) is 0 Å². The molecule has 4 nitrogen and oxygen atoms in total. The van der Waals surface area contributed by atoms with Crippen molar-refractivity contribution in [2.24, 2.45) is 5.73 Å². The Hall–Kier alpha value is -1.33. The second kappa shape index (κ2) is 6.02. The normalized spacial score (nSPS) is 14.4. The van der Waals surface area contributed by atoms with Gasteiger partial charge >= 0.3 is 0 Å². The van der Waals surface area contributed by atoms with Gasteiger partial charge in [0.05, 0.1) is 5.25 Å². The molecular formula is C13H17N3OS. The summed E-state index contributed by atoms with van der Waals surface area (Å²) in [7, 11) is 0. The van der Waals surface area contributed by atoms with Crippen LogP contribution in [0.5, 0.6) is 0 Å². The summed E-state index contributed by atoms with van der Waals surface area (Å²) in [6, 6.07) is 5.88. The Morgan fingerprint density at radius 2 is 2.22 bits per heavy atom. The summed E-state index contributed by atoms with van der Waals surface area (Å²) >= 11 is 1.62. The van der Waals surface area contributed by atoms with Crippen molar-refractivity contribution in [1.82, 2.24) is 9.97 Å². The van der Waals surface area contributed by atoms with E-state index in [-0.39, 0.29) is 11.3 Å². The number of aryl methyl sites for hydroxylation is 1. The Morgan fingerprint density at radius 3 is 2.78 bits per heavy atom. The zero-order valence-electron chi connectivity index (χ0n) is 10.5. The molecule has 96 valence electrons. The number of hydrogen-bond donors (Lipinski definition) is 1. The smallest absolute Gasteiger partial charge is 0.119 e. The molecule has 5 heteroatoms. The van der Waals surface area contributed by atoms with Crippen LogP contribution in [-0.2, 0) is 0 Å². The highest BCUT2D eigenvalue weighted by atomic mass is 32.2. The minimum Gasteiger partial charge on any atom is -0.465 e. The quantitative estimate of drug-likeness (QED) is 0.663. The first-order chi connectivity index (χ1) is 8.70. The summed E-state index contributed by atoms with van der Waals surface area (Å²) in [6.45, 7) is 4.02. The lowest BCUT2D eigenvalue weighted by molar-refractivity contribution is 0.454. The third kappa shape index (κ3) is 3.11. The Labute approximate surface area is 111 Å². The Morgan fingerprint density at radius 1 is 1.39 bits per heavy atom. The van der Waals surface area contributed by atoms with Gasteiger partial charge in [-0.3, -0.25) is 0 Å². The molecule has 0 aromatic carbocycles. The third-order valence-corrected chi connectivity index (χ3v) is 4.02. The molecule has 0 spiro atoms. The summed E-state index contributed by atoms with van der Waals surface area (Å²) in [5.41, 5.74) is 6.18. The van der Waals surface area contributed by atoms with Crippen molar-refractivity contribution >= 4 is 11.8 Å². The van der Waals surface area contributed by atoms with E-state index in [1.165, 1.54) is 0 Å². The maximum atomic E-state index is 6.18. The van der Waals surface area contributed by atoms with E-state index in [1.807, 2.05) is 25.1 Å². The zero-order valence-corrected chi connectivity index (χ0v) is 11.4. The topological polar surface area (TPSA) is 64.9 Å². The number of nitrogens with zero attached hydrogens (tertiary/aromatic N) is 2. The molecule has 2 unspecified atom stereocenters. The minimum absolute atomic E-state index is 0.0375. The van der Waals surface area contributed by atoms with E-state index in [0.29, 0.717) is 0 Å². The van der Waals surface area contributed by atoms with Crippen molar-refractivity contribution in [3.05, 3.63) is 42.2 Å². The van der Waals surface area contributed by atoms with Crippen LogP contribution in [0.2, 0.25) is 0 Å². The molecule has 0 aliphatic rings. The van der Waals surface area contributed by atoms with E-state index >= 15 is 0 Å². The summed E-state index contributed by atoms with van der Waals surface area (Å²) in [5.74, 6) is 1.81. The fraction of sp³-hybridized carbons (Fsp3) is 0.385. The van der Waals surface area contributed by atoms with Crippen LogP contribution in [0.4, 0.5) is 0 Å². The summed E-state index contributed by atoms with van der Waals surface area (Å²) in [6.07, 6.45) is 4.17. The molecule has 0 bridgehead atoms. The lowest BCUT2D eigenvalue weighted by Crippen LogP contribution is -2.25. The van der Waals surface area contributed by atoms with Gasteiger partial charge in [-0.2, -0.15) is 0 Å².